The van der Waals surface area contributed by atoms with Crippen LogP contribution in [0.2, 0.25) is 0 Å². The molecular formula is C26H41N3O2. The largest absolute Gasteiger partial charge is 0.392 e. The summed E-state index contributed by atoms with van der Waals surface area (Å²) < 4.78 is 7.81. The number of aliphatic hydroxyl groups is 1. The molecule has 2 aromatic rings. The van der Waals surface area contributed by atoms with E-state index in [4.69, 9.17) is 4.74 Å². The summed E-state index contributed by atoms with van der Waals surface area (Å²) in [7, 11) is 0. The van der Waals surface area contributed by atoms with Gasteiger partial charge in [-0.05, 0) is 35.1 Å². The highest BCUT2D eigenvalue weighted by molar-refractivity contribution is 5.28. The summed E-state index contributed by atoms with van der Waals surface area (Å²) >= 11 is 0. The molecule has 1 saturated heterocycles. The quantitative estimate of drug-likeness (QED) is 0.627. The van der Waals surface area contributed by atoms with Crippen LogP contribution < -0.4 is 0 Å². The predicted octanol–water partition coefficient (Wildman–Crippen LogP) is 3.74. The van der Waals surface area contributed by atoms with Crippen molar-refractivity contribution in [2.24, 2.45) is 0 Å². The van der Waals surface area contributed by atoms with Crippen molar-refractivity contribution in [3.05, 3.63) is 59.4 Å². The lowest BCUT2D eigenvalue weighted by Gasteiger charge is -2.31. The summed E-state index contributed by atoms with van der Waals surface area (Å²) in [6, 6.07) is 13.4. The van der Waals surface area contributed by atoms with Gasteiger partial charge in [-0.15, -0.1) is 0 Å². The van der Waals surface area contributed by atoms with Crippen molar-refractivity contribution in [1.82, 2.24) is 14.4 Å². The minimum atomic E-state index is -0.280. The van der Waals surface area contributed by atoms with Crippen LogP contribution in [-0.2, 0) is 23.2 Å². The number of morpholine rings is 1. The number of rotatable bonds is 10. The van der Waals surface area contributed by atoms with Crippen molar-refractivity contribution in [2.45, 2.75) is 58.7 Å². The van der Waals surface area contributed by atoms with Gasteiger partial charge in [0.05, 0.1) is 19.3 Å². The maximum Gasteiger partial charge on any atom is 0.0664 e. The van der Waals surface area contributed by atoms with E-state index >= 15 is 0 Å². The van der Waals surface area contributed by atoms with Gasteiger partial charge in [0.2, 0.25) is 0 Å². The number of nitrogens with zero attached hydrogens (tertiary/aromatic N) is 3. The summed E-state index contributed by atoms with van der Waals surface area (Å²) in [5.41, 5.74) is 4.16. The number of benzene rings is 1. The zero-order chi connectivity index (χ0) is 22.3. The van der Waals surface area contributed by atoms with Crippen molar-refractivity contribution in [3.63, 3.8) is 0 Å². The first-order valence-corrected chi connectivity index (χ1v) is 11.8. The third kappa shape index (κ3) is 7.46. The highest BCUT2D eigenvalue weighted by Crippen LogP contribution is 2.22. The maximum absolute atomic E-state index is 10.3. The third-order valence-electron chi connectivity index (χ3n) is 6.26. The van der Waals surface area contributed by atoms with E-state index in [1.165, 1.54) is 16.8 Å². The molecular weight excluding hydrogens is 386 g/mol. The lowest BCUT2D eigenvalue weighted by Crippen LogP contribution is -2.43. The average Bonchev–Trinajstić information content (AvgIpc) is 3.18. The fraction of sp³-hybridized carbons (Fsp3) is 0.615. The molecule has 3 rings (SSSR count). The Morgan fingerprint density at radius 2 is 1.81 bits per heavy atom. The molecule has 31 heavy (non-hydrogen) atoms. The van der Waals surface area contributed by atoms with Gasteiger partial charge in [-0.25, -0.2) is 0 Å². The van der Waals surface area contributed by atoms with Gasteiger partial charge < -0.3 is 14.4 Å². The Hall–Kier alpha value is -1.66. The van der Waals surface area contributed by atoms with E-state index < -0.39 is 0 Å². The molecule has 5 nitrogen and oxygen atoms in total. The number of hydrogen-bond acceptors (Lipinski definition) is 4. The van der Waals surface area contributed by atoms with E-state index in [0.29, 0.717) is 6.54 Å². The topological polar surface area (TPSA) is 40.9 Å². The monoisotopic (exact) mass is 427 g/mol. The fourth-order valence-electron chi connectivity index (χ4n) is 4.05. The molecule has 5 heteroatoms. The molecule has 1 aromatic carbocycles. The normalized spacial score (nSPS) is 16.7. The average molecular weight is 428 g/mol. The molecule has 0 spiro atoms. The van der Waals surface area contributed by atoms with E-state index in [1.54, 1.807) is 0 Å². The molecule has 1 fully saturated rings. The zero-order valence-electron chi connectivity index (χ0n) is 19.9. The molecule has 0 aliphatic carbocycles. The number of ether oxygens (including phenoxy) is 1. The molecule has 1 aliphatic heterocycles. The smallest absolute Gasteiger partial charge is 0.0664 e. The third-order valence-corrected chi connectivity index (χ3v) is 6.26. The van der Waals surface area contributed by atoms with Crippen LogP contribution in [0.1, 0.15) is 50.9 Å². The Labute approximate surface area is 188 Å². The molecule has 0 radical (unpaired) electrons. The van der Waals surface area contributed by atoms with E-state index in [0.717, 1.165) is 58.9 Å². The molecule has 0 amide bonds. The van der Waals surface area contributed by atoms with E-state index in [9.17, 15) is 5.11 Å². The van der Waals surface area contributed by atoms with Crippen molar-refractivity contribution in [1.29, 1.82) is 0 Å². The highest BCUT2D eigenvalue weighted by Gasteiger charge is 2.17. The van der Waals surface area contributed by atoms with Crippen LogP contribution in [0.5, 0.6) is 0 Å². The summed E-state index contributed by atoms with van der Waals surface area (Å²) in [5, 5.41) is 10.3. The number of hydrogen-bond donors (Lipinski definition) is 1. The van der Waals surface area contributed by atoms with Crippen LogP contribution in [-0.4, -0.2) is 71.5 Å². The van der Waals surface area contributed by atoms with Crippen LogP contribution >= 0.6 is 0 Å². The molecule has 2 heterocycles. The summed E-state index contributed by atoms with van der Waals surface area (Å²) in [6.45, 7) is 16.9. The van der Waals surface area contributed by atoms with Crippen molar-refractivity contribution < 1.29 is 9.84 Å². The minimum Gasteiger partial charge on any atom is -0.392 e. The Balaban J connectivity index is 1.64. The van der Waals surface area contributed by atoms with Gasteiger partial charge in [0.15, 0.2) is 0 Å². The summed E-state index contributed by atoms with van der Waals surface area (Å²) in [5.74, 6) is 0. The Bertz CT molecular complexity index is 773. The first kappa shape index (κ1) is 24.0. The highest BCUT2D eigenvalue weighted by atomic mass is 16.5. The molecule has 1 unspecified atom stereocenters. The van der Waals surface area contributed by atoms with Gasteiger partial charge >= 0.3 is 0 Å². The molecule has 1 atom stereocenters. The standard InChI is InChI=1S/C26H41N3O2/c1-5-25(30)21-28(14-13-27-15-17-31-18-16-27)20-24-7-6-12-29(24)19-22-8-10-23(11-9-22)26(2,3)4/h6-12,25,30H,5,13-21H2,1-4H3. The summed E-state index contributed by atoms with van der Waals surface area (Å²) in [6.07, 6.45) is 2.68. The first-order valence-electron chi connectivity index (χ1n) is 11.8. The maximum atomic E-state index is 10.3. The van der Waals surface area contributed by atoms with Gasteiger partial charge in [-0.2, -0.15) is 0 Å². The van der Waals surface area contributed by atoms with Gasteiger partial charge in [0.1, 0.15) is 0 Å². The van der Waals surface area contributed by atoms with Crippen molar-refractivity contribution in [2.75, 3.05) is 45.9 Å². The molecule has 0 saturated carbocycles. The van der Waals surface area contributed by atoms with E-state index in [-0.39, 0.29) is 11.5 Å². The lowest BCUT2D eigenvalue weighted by molar-refractivity contribution is 0.0288. The molecule has 1 N–H and O–H groups in total. The van der Waals surface area contributed by atoms with Gasteiger partial charge in [0, 0.05) is 57.7 Å². The second kappa shape index (κ2) is 11.3. The molecule has 172 valence electrons. The van der Waals surface area contributed by atoms with Crippen LogP contribution in [0.3, 0.4) is 0 Å². The first-order chi connectivity index (χ1) is 14.8. The van der Waals surface area contributed by atoms with Crippen LogP contribution in [0.4, 0.5) is 0 Å². The van der Waals surface area contributed by atoms with Crippen LogP contribution in [0.15, 0.2) is 42.6 Å². The summed E-state index contributed by atoms with van der Waals surface area (Å²) in [4.78, 5) is 4.86. The molecule has 0 bridgehead atoms. The second-order valence-corrected chi connectivity index (χ2v) is 9.83. The number of aromatic nitrogens is 1. The number of aliphatic hydroxyl groups excluding tert-OH is 1. The van der Waals surface area contributed by atoms with E-state index in [2.05, 4.69) is 84.7 Å². The fourth-order valence-corrected chi connectivity index (χ4v) is 4.05. The minimum absolute atomic E-state index is 0.179. The van der Waals surface area contributed by atoms with Gasteiger partial charge in [-0.3, -0.25) is 9.80 Å². The van der Waals surface area contributed by atoms with Crippen molar-refractivity contribution >= 4 is 0 Å². The van der Waals surface area contributed by atoms with Gasteiger partial charge in [0.25, 0.3) is 0 Å². The van der Waals surface area contributed by atoms with Crippen molar-refractivity contribution in [3.8, 4) is 0 Å². The zero-order valence-corrected chi connectivity index (χ0v) is 19.9. The van der Waals surface area contributed by atoms with Crippen LogP contribution in [0.25, 0.3) is 0 Å². The van der Waals surface area contributed by atoms with E-state index in [1.807, 2.05) is 0 Å². The Morgan fingerprint density at radius 1 is 1.10 bits per heavy atom. The molecule has 1 aromatic heterocycles. The molecule has 1 aliphatic rings. The lowest BCUT2D eigenvalue weighted by atomic mass is 9.87. The Morgan fingerprint density at radius 3 is 2.45 bits per heavy atom. The van der Waals surface area contributed by atoms with Crippen LogP contribution in [0, 0.1) is 0 Å². The van der Waals surface area contributed by atoms with Gasteiger partial charge in [-0.1, -0.05) is 52.0 Å². The SMILES string of the molecule is CCC(O)CN(CCN1CCOCC1)Cc1cccn1Cc1ccc(C(C)(C)C)cc1. The second-order valence-electron chi connectivity index (χ2n) is 9.83. The Kier molecular flexibility index (Phi) is 8.73. The predicted molar refractivity (Wildman–Crippen MR) is 128 cm³/mol.